The molecule has 0 aliphatic carbocycles. The fourth-order valence-corrected chi connectivity index (χ4v) is 4.41. The van der Waals surface area contributed by atoms with Crippen LogP contribution in [0.5, 0.6) is 11.5 Å². The Kier molecular flexibility index (Phi) is 6.14. The van der Waals surface area contributed by atoms with E-state index < -0.39 is 0 Å². The summed E-state index contributed by atoms with van der Waals surface area (Å²) >= 11 is 1.69. The van der Waals surface area contributed by atoms with Crippen LogP contribution in [0.25, 0.3) is 0 Å². The zero-order valence-electron chi connectivity index (χ0n) is 16.1. The number of hydrogen-bond acceptors (Lipinski definition) is 6. The van der Waals surface area contributed by atoms with Gasteiger partial charge in [-0.1, -0.05) is 6.07 Å². The number of ether oxygens (including phenoxy) is 3. The van der Waals surface area contributed by atoms with Crippen LogP contribution < -0.4 is 14.8 Å². The van der Waals surface area contributed by atoms with Gasteiger partial charge < -0.3 is 24.4 Å². The predicted molar refractivity (Wildman–Crippen MR) is 108 cm³/mol. The van der Waals surface area contributed by atoms with Crippen molar-refractivity contribution in [3.8, 4) is 11.5 Å². The van der Waals surface area contributed by atoms with Crippen LogP contribution in [-0.2, 0) is 22.6 Å². The SMILES string of the molecule is Cc1ccsc1CN(Cc1ccc2c(c1)OCO2)C(=O)CNC[C@H]1CCCO1. The normalized spacial score (nSPS) is 17.8. The minimum atomic E-state index is 0.0865. The number of carbonyl (C=O) groups excluding carboxylic acids is 1. The van der Waals surface area contributed by atoms with Crippen LogP contribution in [0.2, 0.25) is 0 Å². The van der Waals surface area contributed by atoms with Gasteiger partial charge in [-0.2, -0.15) is 0 Å². The summed E-state index contributed by atoms with van der Waals surface area (Å²) < 4.78 is 16.5. The minimum absolute atomic E-state index is 0.0865. The molecule has 4 rings (SSSR count). The third-order valence-corrected chi connectivity index (χ3v) is 6.15. The lowest BCUT2D eigenvalue weighted by Crippen LogP contribution is -2.39. The molecule has 0 bridgehead atoms. The fraction of sp³-hybridized carbons (Fsp3) is 0.476. The summed E-state index contributed by atoms with van der Waals surface area (Å²) in [4.78, 5) is 16.1. The number of amides is 1. The molecule has 28 heavy (non-hydrogen) atoms. The third-order valence-electron chi connectivity index (χ3n) is 5.14. The number of hydrogen-bond donors (Lipinski definition) is 1. The number of nitrogens with one attached hydrogen (secondary N) is 1. The van der Waals surface area contributed by atoms with Gasteiger partial charge in [-0.3, -0.25) is 4.79 Å². The molecule has 0 radical (unpaired) electrons. The van der Waals surface area contributed by atoms with Gasteiger partial charge >= 0.3 is 0 Å². The number of carbonyl (C=O) groups is 1. The van der Waals surface area contributed by atoms with E-state index in [1.165, 1.54) is 10.4 Å². The zero-order chi connectivity index (χ0) is 19.3. The van der Waals surface area contributed by atoms with Gasteiger partial charge in [-0.15, -0.1) is 11.3 Å². The highest BCUT2D eigenvalue weighted by Gasteiger charge is 2.20. The van der Waals surface area contributed by atoms with Crippen molar-refractivity contribution in [1.29, 1.82) is 0 Å². The summed E-state index contributed by atoms with van der Waals surface area (Å²) in [6.45, 7) is 5.35. The highest BCUT2D eigenvalue weighted by molar-refractivity contribution is 7.10. The molecule has 1 atom stereocenters. The number of benzene rings is 1. The Bertz CT molecular complexity index is 816. The van der Waals surface area contributed by atoms with Crippen LogP contribution >= 0.6 is 11.3 Å². The van der Waals surface area contributed by atoms with Crippen LogP contribution in [0.4, 0.5) is 0 Å². The number of fused-ring (bicyclic) bond motifs is 1. The van der Waals surface area contributed by atoms with E-state index in [9.17, 15) is 4.79 Å². The molecule has 2 aromatic rings. The number of nitrogens with zero attached hydrogens (tertiary/aromatic N) is 1. The summed E-state index contributed by atoms with van der Waals surface area (Å²) in [6, 6.07) is 7.96. The molecule has 1 aromatic heterocycles. The summed E-state index contributed by atoms with van der Waals surface area (Å²) in [7, 11) is 0. The van der Waals surface area contributed by atoms with Crippen molar-refractivity contribution in [1.82, 2.24) is 10.2 Å². The Morgan fingerprint density at radius 3 is 2.93 bits per heavy atom. The molecule has 2 aliphatic rings. The van der Waals surface area contributed by atoms with E-state index >= 15 is 0 Å². The zero-order valence-corrected chi connectivity index (χ0v) is 16.9. The van der Waals surface area contributed by atoms with Gasteiger partial charge in [-0.25, -0.2) is 0 Å². The van der Waals surface area contributed by atoms with E-state index in [4.69, 9.17) is 14.2 Å². The molecule has 0 saturated carbocycles. The Morgan fingerprint density at radius 1 is 1.25 bits per heavy atom. The molecule has 1 fully saturated rings. The molecular formula is C21H26N2O4S. The van der Waals surface area contributed by atoms with Crippen molar-refractivity contribution >= 4 is 17.2 Å². The first-order valence-electron chi connectivity index (χ1n) is 9.70. The average Bonchev–Trinajstić information content (AvgIpc) is 3.43. The molecule has 3 heterocycles. The van der Waals surface area contributed by atoms with Crippen LogP contribution in [0.3, 0.4) is 0 Å². The van der Waals surface area contributed by atoms with Crippen molar-refractivity contribution in [3.05, 3.63) is 45.6 Å². The van der Waals surface area contributed by atoms with Gasteiger partial charge in [0.15, 0.2) is 11.5 Å². The Morgan fingerprint density at radius 2 is 2.14 bits per heavy atom. The quantitative estimate of drug-likeness (QED) is 0.735. The maximum Gasteiger partial charge on any atom is 0.237 e. The molecule has 1 aromatic carbocycles. The van der Waals surface area contributed by atoms with Crippen LogP contribution in [0, 0.1) is 6.92 Å². The molecule has 0 spiro atoms. The summed E-state index contributed by atoms with van der Waals surface area (Å²) in [5, 5.41) is 5.34. The van der Waals surface area contributed by atoms with Crippen LogP contribution in [0.1, 0.15) is 28.8 Å². The van der Waals surface area contributed by atoms with E-state index in [0.717, 1.165) is 43.1 Å². The molecule has 6 nitrogen and oxygen atoms in total. The predicted octanol–water partition coefficient (Wildman–Crippen LogP) is 3.08. The van der Waals surface area contributed by atoms with Crippen molar-refractivity contribution in [2.75, 3.05) is 26.5 Å². The van der Waals surface area contributed by atoms with Crippen LogP contribution in [0.15, 0.2) is 29.6 Å². The van der Waals surface area contributed by atoms with E-state index in [2.05, 4.69) is 23.7 Å². The van der Waals surface area contributed by atoms with Gasteiger partial charge in [0.05, 0.1) is 19.2 Å². The number of aryl methyl sites for hydroxylation is 1. The Labute approximate surface area is 169 Å². The topological polar surface area (TPSA) is 60.0 Å². The largest absolute Gasteiger partial charge is 0.454 e. The van der Waals surface area contributed by atoms with Gasteiger partial charge in [0.2, 0.25) is 12.7 Å². The maximum atomic E-state index is 13.0. The monoisotopic (exact) mass is 402 g/mol. The van der Waals surface area contributed by atoms with Crippen LogP contribution in [-0.4, -0.2) is 43.4 Å². The molecule has 2 aliphatic heterocycles. The second-order valence-electron chi connectivity index (χ2n) is 7.23. The second kappa shape index (κ2) is 8.94. The van der Waals surface area contributed by atoms with E-state index in [-0.39, 0.29) is 18.8 Å². The lowest BCUT2D eigenvalue weighted by molar-refractivity contribution is -0.131. The summed E-state index contributed by atoms with van der Waals surface area (Å²) in [6.07, 6.45) is 2.40. The van der Waals surface area contributed by atoms with Crippen molar-refractivity contribution in [2.45, 2.75) is 39.0 Å². The van der Waals surface area contributed by atoms with E-state index in [1.54, 1.807) is 11.3 Å². The van der Waals surface area contributed by atoms with Crippen molar-refractivity contribution in [2.24, 2.45) is 0 Å². The van der Waals surface area contributed by atoms with Gasteiger partial charge in [0.1, 0.15) is 0 Å². The van der Waals surface area contributed by atoms with E-state index in [1.807, 2.05) is 23.1 Å². The summed E-state index contributed by atoms with van der Waals surface area (Å²) in [5.74, 6) is 1.59. The second-order valence-corrected chi connectivity index (χ2v) is 8.23. The minimum Gasteiger partial charge on any atom is -0.454 e. The molecule has 0 unspecified atom stereocenters. The third kappa shape index (κ3) is 4.66. The van der Waals surface area contributed by atoms with Crippen molar-refractivity contribution in [3.63, 3.8) is 0 Å². The van der Waals surface area contributed by atoms with Gasteiger partial charge in [-0.05, 0) is 54.5 Å². The molecule has 1 N–H and O–H groups in total. The number of rotatable bonds is 8. The lowest BCUT2D eigenvalue weighted by atomic mass is 10.1. The van der Waals surface area contributed by atoms with Crippen molar-refractivity contribution < 1.29 is 19.0 Å². The molecule has 7 heteroatoms. The van der Waals surface area contributed by atoms with Gasteiger partial charge in [0.25, 0.3) is 0 Å². The van der Waals surface area contributed by atoms with Gasteiger partial charge in [0, 0.05) is 24.6 Å². The highest BCUT2D eigenvalue weighted by Crippen LogP contribution is 2.33. The first-order valence-corrected chi connectivity index (χ1v) is 10.6. The Hall–Kier alpha value is -2.09. The molecule has 1 amide bonds. The maximum absolute atomic E-state index is 13.0. The molecule has 1 saturated heterocycles. The lowest BCUT2D eigenvalue weighted by Gasteiger charge is -2.23. The summed E-state index contributed by atoms with van der Waals surface area (Å²) in [5.41, 5.74) is 2.26. The first-order chi connectivity index (χ1) is 13.7. The molecule has 150 valence electrons. The standard InChI is InChI=1S/C21H26N2O4S/c1-15-6-8-28-20(15)13-23(21(24)11-22-10-17-3-2-7-25-17)12-16-4-5-18-19(9-16)27-14-26-18/h4-6,8-9,17,22H,2-3,7,10-14H2,1H3/t17-/m1/s1. The average molecular weight is 403 g/mol. The Balaban J connectivity index is 1.41. The molecular weight excluding hydrogens is 376 g/mol. The number of thiophene rings is 1. The fourth-order valence-electron chi connectivity index (χ4n) is 3.49. The first kappa shape index (κ1) is 19.2. The van der Waals surface area contributed by atoms with E-state index in [0.29, 0.717) is 19.6 Å². The highest BCUT2D eigenvalue weighted by atomic mass is 32.1. The smallest absolute Gasteiger partial charge is 0.237 e.